The van der Waals surface area contributed by atoms with Gasteiger partial charge in [-0.05, 0) is 40.9 Å². The molecule has 0 spiro atoms. The molecule has 2 atom stereocenters. The first-order chi connectivity index (χ1) is 8.22. The van der Waals surface area contributed by atoms with Crippen molar-refractivity contribution in [2.75, 3.05) is 6.61 Å². The van der Waals surface area contributed by atoms with Gasteiger partial charge in [-0.1, -0.05) is 18.6 Å². The Bertz CT molecular complexity index is 408. The lowest BCUT2D eigenvalue weighted by atomic mass is 10.0. The molecule has 1 fully saturated rings. The van der Waals surface area contributed by atoms with Crippen LogP contribution < -0.4 is 5.32 Å². The monoisotopic (exact) mass is 297 g/mol. The molecule has 0 bridgehead atoms. The second-order valence-electron chi connectivity index (χ2n) is 4.43. The lowest BCUT2D eigenvalue weighted by Crippen LogP contribution is -2.38. The van der Waals surface area contributed by atoms with Gasteiger partial charge < -0.3 is 10.4 Å². The van der Waals surface area contributed by atoms with E-state index in [9.17, 15) is 9.90 Å². The van der Waals surface area contributed by atoms with Crippen LogP contribution >= 0.6 is 15.9 Å². The van der Waals surface area contributed by atoms with Crippen LogP contribution in [0.2, 0.25) is 0 Å². The molecule has 92 valence electrons. The van der Waals surface area contributed by atoms with Gasteiger partial charge in [-0.25, -0.2) is 0 Å². The lowest BCUT2D eigenvalue weighted by molar-refractivity contribution is 0.0915. The average Bonchev–Trinajstić information content (AvgIpc) is 2.76. The Morgan fingerprint density at radius 3 is 2.88 bits per heavy atom. The Hall–Kier alpha value is -0.870. The van der Waals surface area contributed by atoms with E-state index in [1.165, 1.54) is 0 Å². The maximum Gasteiger partial charge on any atom is 0.252 e. The lowest BCUT2D eigenvalue weighted by Gasteiger charge is -2.19. The van der Waals surface area contributed by atoms with Crippen molar-refractivity contribution in [3.63, 3.8) is 0 Å². The minimum Gasteiger partial charge on any atom is -0.396 e. The summed E-state index contributed by atoms with van der Waals surface area (Å²) in [5.41, 5.74) is 0.649. The third-order valence-electron chi connectivity index (χ3n) is 3.33. The number of halogens is 1. The van der Waals surface area contributed by atoms with Crippen LogP contribution in [-0.4, -0.2) is 23.7 Å². The molecule has 3 nitrogen and oxygen atoms in total. The second-order valence-corrected chi connectivity index (χ2v) is 5.29. The molecule has 1 aromatic carbocycles. The zero-order chi connectivity index (χ0) is 12.3. The van der Waals surface area contributed by atoms with Crippen LogP contribution in [0.15, 0.2) is 28.7 Å². The molecule has 17 heavy (non-hydrogen) atoms. The van der Waals surface area contributed by atoms with E-state index in [0.717, 1.165) is 23.7 Å². The van der Waals surface area contributed by atoms with E-state index < -0.39 is 0 Å². The Morgan fingerprint density at radius 2 is 2.18 bits per heavy atom. The molecule has 0 radical (unpaired) electrons. The zero-order valence-corrected chi connectivity index (χ0v) is 11.1. The average molecular weight is 298 g/mol. The van der Waals surface area contributed by atoms with Gasteiger partial charge in [-0.2, -0.15) is 0 Å². The minimum absolute atomic E-state index is 0.0668. The SMILES string of the molecule is O=C(NC1CCCC1CO)c1ccccc1Br. The van der Waals surface area contributed by atoms with Crippen molar-refractivity contribution >= 4 is 21.8 Å². The Labute approximate surface area is 109 Å². The van der Waals surface area contributed by atoms with Gasteiger partial charge in [0.25, 0.3) is 5.91 Å². The van der Waals surface area contributed by atoms with Gasteiger partial charge in [0.05, 0.1) is 5.56 Å². The first kappa shape index (κ1) is 12.6. The molecular formula is C13H16BrNO2. The summed E-state index contributed by atoms with van der Waals surface area (Å²) in [7, 11) is 0. The quantitative estimate of drug-likeness (QED) is 0.900. The van der Waals surface area contributed by atoms with Gasteiger partial charge >= 0.3 is 0 Å². The summed E-state index contributed by atoms with van der Waals surface area (Å²) in [6.07, 6.45) is 3.03. The van der Waals surface area contributed by atoms with Gasteiger partial charge in [0.15, 0.2) is 0 Å². The van der Waals surface area contributed by atoms with Crippen LogP contribution in [0.25, 0.3) is 0 Å². The van der Waals surface area contributed by atoms with Crippen LogP contribution in [0.3, 0.4) is 0 Å². The van der Waals surface area contributed by atoms with Crippen LogP contribution in [0.5, 0.6) is 0 Å². The molecule has 2 unspecified atom stereocenters. The van der Waals surface area contributed by atoms with Gasteiger partial charge in [-0.3, -0.25) is 4.79 Å². The molecule has 4 heteroatoms. The van der Waals surface area contributed by atoms with E-state index in [0.29, 0.717) is 5.56 Å². The van der Waals surface area contributed by atoms with E-state index in [-0.39, 0.29) is 24.5 Å². The number of hydrogen-bond donors (Lipinski definition) is 2. The van der Waals surface area contributed by atoms with E-state index in [1.54, 1.807) is 6.07 Å². The van der Waals surface area contributed by atoms with E-state index in [2.05, 4.69) is 21.2 Å². The summed E-state index contributed by atoms with van der Waals surface area (Å²) in [5, 5.41) is 12.2. The molecule has 0 heterocycles. The Kier molecular flexibility index (Phi) is 4.18. The van der Waals surface area contributed by atoms with E-state index in [1.807, 2.05) is 18.2 Å². The number of benzene rings is 1. The van der Waals surface area contributed by atoms with Crippen LogP contribution in [-0.2, 0) is 0 Å². The fourth-order valence-corrected chi connectivity index (χ4v) is 2.80. The first-order valence-corrected chi connectivity index (χ1v) is 6.68. The zero-order valence-electron chi connectivity index (χ0n) is 9.53. The summed E-state index contributed by atoms with van der Waals surface area (Å²) in [6, 6.07) is 7.49. The summed E-state index contributed by atoms with van der Waals surface area (Å²) in [4.78, 5) is 12.1. The van der Waals surface area contributed by atoms with Crippen molar-refractivity contribution in [3.05, 3.63) is 34.3 Å². The summed E-state index contributed by atoms with van der Waals surface area (Å²) >= 11 is 3.37. The number of carbonyl (C=O) groups is 1. The molecule has 0 aromatic heterocycles. The topological polar surface area (TPSA) is 49.3 Å². The molecule has 1 saturated carbocycles. The Morgan fingerprint density at radius 1 is 1.41 bits per heavy atom. The molecule has 1 amide bonds. The number of aliphatic hydroxyl groups is 1. The van der Waals surface area contributed by atoms with Gasteiger partial charge in [0, 0.05) is 23.0 Å². The normalized spacial score (nSPS) is 23.6. The fourth-order valence-electron chi connectivity index (χ4n) is 2.34. The smallest absolute Gasteiger partial charge is 0.252 e. The molecule has 1 aliphatic carbocycles. The number of nitrogens with one attached hydrogen (secondary N) is 1. The third-order valence-corrected chi connectivity index (χ3v) is 4.02. The van der Waals surface area contributed by atoms with Gasteiger partial charge in [0.1, 0.15) is 0 Å². The summed E-state index contributed by atoms with van der Waals surface area (Å²) in [6.45, 7) is 0.154. The predicted octanol–water partition coefficient (Wildman–Crippen LogP) is 2.34. The maximum absolute atomic E-state index is 12.1. The number of amides is 1. The highest BCUT2D eigenvalue weighted by Crippen LogP contribution is 2.26. The third kappa shape index (κ3) is 2.87. The van der Waals surface area contributed by atoms with Gasteiger partial charge in [-0.15, -0.1) is 0 Å². The van der Waals surface area contributed by atoms with Crippen molar-refractivity contribution in [3.8, 4) is 0 Å². The molecule has 1 aliphatic rings. The van der Waals surface area contributed by atoms with E-state index in [4.69, 9.17) is 0 Å². The number of hydrogen-bond acceptors (Lipinski definition) is 2. The molecule has 2 N–H and O–H groups in total. The summed E-state index contributed by atoms with van der Waals surface area (Å²) < 4.78 is 0.802. The fraction of sp³-hybridized carbons (Fsp3) is 0.462. The van der Waals surface area contributed by atoms with Crippen LogP contribution in [0.4, 0.5) is 0 Å². The molecular weight excluding hydrogens is 282 g/mol. The maximum atomic E-state index is 12.1. The number of aliphatic hydroxyl groups excluding tert-OH is 1. The van der Waals surface area contributed by atoms with Crippen LogP contribution in [0, 0.1) is 5.92 Å². The van der Waals surface area contributed by atoms with Crippen molar-refractivity contribution in [2.45, 2.75) is 25.3 Å². The largest absolute Gasteiger partial charge is 0.396 e. The van der Waals surface area contributed by atoms with Crippen molar-refractivity contribution in [1.29, 1.82) is 0 Å². The first-order valence-electron chi connectivity index (χ1n) is 5.88. The van der Waals surface area contributed by atoms with Crippen molar-refractivity contribution in [2.24, 2.45) is 5.92 Å². The van der Waals surface area contributed by atoms with Gasteiger partial charge in [0.2, 0.25) is 0 Å². The Balaban J connectivity index is 2.04. The molecule has 2 rings (SSSR count). The van der Waals surface area contributed by atoms with Crippen LogP contribution in [0.1, 0.15) is 29.6 Å². The molecule has 0 aliphatic heterocycles. The van der Waals surface area contributed by atoms with Crippen molar-refractivity contribution < 1.29 is 9.90 Å². The summed E-state index contributed by atoms with van der Waals surface area (Å²) in [5.74, 6) is 0.143. The predicted molar refractivity (Wildman–Crippen MR) is 69.8 cm³/mol. The highest BCUT2D eigenvalue weighted by molar-refractivity contribution is 9.10. The van der Waals surface area contributed by atoms with Crippen molar-refractivity contribution in [1.82, 2.24) is 5.32 Å². The molecule has 0 saturated heterocycles. The number of carbonyl (C=O) groups excluding carboxylic acids is 1. The number of rotatable bonds is 3. The molecule has 1 aromatic rings. The standard InChI is InChI=1S/C13H16BrNO2/c14-11-6-2-1-5-10(11)13(17)15-12-7-3-4-9(12)8-16/h1-2,5-6,9,12,16H,3-4,7-8H2,(H,15,17). The highest BCUT2D eigenvalue weighted by atomic mass is 79.9. The second kappa shape index (κ2) is 5.65. The highest BCUT2D eigenvalue weighted by Gasteiger charge is 2.28. The minimum atomic E-state index is -0.0668. The van der Waals surface area contributed by atoms with E-state index >= 15 is 0 Å².